The van der Waals surface area contributed by atoms with Crippen LogP contribution in [0, 0.1) is 25.7 Å². The van der Waals surface area contributed by atoms with Gasteiger partial charge in [-0.05, 0) is 25.8 Å². The van der Waals surface area contributed by atoms with Gasteiger partial charge in [-0.2, -0.15) is 26.3 Å². The van der Waals surface area contributed by atoms with Crippen LogP contribution < -0.4 is 9.64 Å². The number of hydrogen-bond acceptors (Lipinski definition) is 8. The maximum absolute atomic E-state index is 10.6. The number of halogens is 6. The van der Waals surface area contributed by atoms with Crippen LogP contribution >= 0.6 is 0 Å². The molecule has 0 aliphatic carbocycles. The maximum atomic E-state index is 10.6. The second-order valence-corrected chi connectivity index (χ2v) is 8.95. The standard InChI is InChI=1S/C20H26N4O2.2C2HF3O2/c1-4-15-7-21-20(22-8-15)24-9-18-16(12-26-19(18)10-24)11-25-17-5-13(2)23-14(3)6-17;2*3-2(4,5)1(6)7/h5-8,16,18-19H,4,9-12H2,1-3H3;2*(H,6,7)/t16-,18+,19+;;/m0../s1. The van der Waals surface area contributed by atoms with Gasteiger partial charge in [0.05, 0.1) is 19.3 Å². The van der Waals surface area contributed by atoms with Crippen molar-refractivity contribution >= 4 is 17.9 Å². The Morgan fingerprint density at radius 1 is 1.00 bits per heavy atom. The lowest BCUT2D eigenvalue weighted by atomic mass is 9.94. The zero-order valence-corrected chi connectivity index (χ0v) is 21.7. The maximum Gasteiger partial charge on any atom is 0.490 e. The van der Waals surface area contributed by atoms with Crippen LogP contribution in [0.3, 0.4) is 0 Å². The Morgan fingerprint density at radius 3 is 1.95 bits per heavy atom. The van der Waals surface area contributed by atoms with E-state index >= 15 is 0 Å². The zero-order valence-electron chi connectivity index (χ0n) is 21.7. The Bertz CT molecular complexity index is 1100. The fourth-order valence-corrected chi connectivity index (χ4v) is 3.91. The molecule has 2 aliphatic heterocycles. The fraction of sp³-hybridized carbons (Fsp3) is 0.542. The number of hydrogen-bond donors (Lipinski definition) is 2. The molecule has 10 nitrogen and oxygen atoms in total. The van der Waals surface area contributed by atoms with E-state index in [1.54, 1.807) is 0 Å². The Balaban J connectivity index is 0.000000333. The molecule has 0 radical (unpaired) electrons. The number of carboxylic acid groups (broad SMARTS) is 2. The number of aromatic nitrogens is 3. The molecule has 2 N–H and O–H groups in total. The van der Waals surface area contributed by atoms with Crippen molar-refractivity contribution in [3.63, 3.8) is 0 Å². The van der Waals surface area contributed by atoms with Gasteiger partial charge in [-0.25, -0.2) is 19.6 Å². The molecule has 0 spiro atoms. The monoisotopic (exact) mass is 582 g/mol. The van der Waals surface area contributed by atoms with Crippen LogP contribution in [-0.2, 0) is 20.7 Å². The summed E-state index contributed by atoms with van der Waals surface area (Å²) in [5, 5.41) is 14.2. The third-order valence-electron chi connectivity index (χ3n) is 5.83. The number of alkyl halides is 6. The Hall–Kier alpha value is -3.69. The van der Waals surface area contributed by atoms with Gasteiger partial charge in [0.25, 0.3) is 0 Å². The van der Waals surface area contributed by atoms with Crippen LogP contribution in [-0.4, -0.2) is 81.9 Å². The van der Waals surface area contributed by atoms with Crippen molar-refractivity contribution < 1.29 is 55.6 Å². The first-order valence-electron chi connectivity index (χ1n) is 11.9. The van der Waals surface area contributed by atoms with Crippen LogP contribution in [0.25, 0.3) is 0 Å². The number of fused-ring (bicyclic) bond motifs is 1. The largest absolute Gasteiger partial charge is 0.493 e. The molecule has 4 rings (SSSR count). The van der Waals surface area contributed by atoms with E-state index in [0.717, 1.165) is 49.2 Å². The number of aryl methyl sites for hydroxylation is 3. The zero-order chi connectivity index (χ0) is 30.3. The third-order valence-corrected chi connectivity index (χ3v) is 5.83. The summed E-state index contributed by atoms with van der Waals surface area (Å²) in [7, 11) is 0. The summed E-state index contributed by atoms with van der Waals surface area (Å²) in [6.45, 7) is 9.33. The van der Waals surface area contributed by atoms with Crippen LogP contribution in [0.4, 0.5) is 32.3 Å². The predicted molar refractivity (Wildman–Crippen MR) is 127 cm³/mol. The van der Waals surface area contributed by atoms with Crippen LogP contribution in [0.1, 0.15) is 23.9 Å². The van der Waals surface area contributed by atoms with Gasteiger partial charge in [0.1, 0.15) is 5.75 Å². The summed E-state index contributed by atoms with van der Waals surface area (Å²) in [6.07, 6.45) is -5.11. The molecule has 16 heteroatoms. The van der Waals surface area contributed by atoms with Crippen molar-refractivity contribution in [1.82, 2.24) is 15.0 Å². The number of aliphatic carboxylic acids is 2. The van der Waals surface area contributed by atoms with Gasteiger partial charge in [-0.15, -0.1) is 0 Å². The topological polar surface area (TPSA) is 135 Å². The number of rotatable bonds is 5. The first-order valence-corrected chi connectivity index (χ1v) is 11.9. The van der Waals surface area contributed by atoms with Crippen molar-refractivity contribution in [1.29, 1.82) is 0 Å². The number of nitrogens with zero attached hydrogens (tertiary/aromatic N) is 4. The highest BCUT2D eigenvalue weighted by molar-refractivity contribution is 5.73. The minimum absolute atomic E-state index is 0.249. The molecule has 2 saturated heterocycles. The van der Waals surface area contributed by atoms with Crippen molar-refractivity contribution in [2.75, 3.05) is 31.2 Å². The molecule has 40 heavy (non-hydrogen) atoms. The van der Waals surface area contributed by atoms with E-state index in [1.807, 2.05) is 38.4 Å². The molecular weight excluding hydrogens is 554 g/mol. The van der Waals surface area contributed by atoms with Gasteiger partial charge in [-0.1, -0.05) is 6.92 Å². The average Bonchev–Trinajstić information content (AvgIpc) is 3.43. The average molecular weight is 582 g/mol. The Labute approximate surface area is 225 Å². The molecular formula is C24H28F6N4O6. The fourth-order valence-electron chi connectivity index (χ4n) is 3.91. The van der Waals surface area contributed by atoms with E-state index in [2.05, 4.69) is 26.8 Å². The van der Waals surface area contributed by atoms with Gasteiger partial charge >= 0.3 is 24.3 Å². The lowest BCUT2D eigenvalue weighted by Gasteiger charge is -2.20. The van der Waals surface area contributed by atoms with Crippen LogP contribution in [0.5, 0.6) is 5.75 Å². The number of anilines is 1. The highest BCUT2D eigenvalue weighted by Gasteiger charge is 2.45. The molecule has 2 aromatic heterocycles. The number of ether oxygens (including phenoxy) is 2. The molecule has 3 atom stereocenters. The summed E-state index contributed by atoms with van der Waals surface area (Å²) in [5.74, 6) is -2.95. The Kier molecular flexibility index (Phi) is 11.0. The SMILES string of the molecule is CCc1cnc(N2C[C@@H]3[C@@H](COc4cc(C)nc(C)c4)CO[C@@H]3C2)nc1.O=C(O)C(F)(F)F.O=C(O)C(F)(F)F. The van der Waals surface area contributed by atoms with Gasteiger partial charge in [0.2, 0.25) is 5.95 Å². The second-order valence-electron chi connectivity index (χ2n) is 8.95. The summed E-state index contributed by atoms with van der Waals surface area (Å²) in [6, 6.07) is 3.98. The van der Waals surface area contributed by atoms with Gasteiger partial charge in [0.15, 0.2) is 0 Å². The summed E-state index contributed by atoms with van der Waals surface area (Å²) in [4.78, 5) is 33.5. The molecule has 222 valence electrons. The molecule has 2 aliphatic rings. The van der Waals surface area contributed by atoms with E-state index in [9.17, 15) is 26.3 Å². The van der Waals surface area contributed by atoms with Gasteiger partial charge in [-0.3, -0.25) is 4.98 Å². The minimum Gasteiger partial charge on any atom is -0.493 e. The first-order chi connectivity index (χ1) is 18.5. The van der Waals surface area contributed by atoms with E-state index < -0.39 is 24.3 Å². The van der Waals surface area contributed by atoms with Gasteiger partial charge < -0.3 is 24.6 Å². The van der Waals surface area contributed by atoms with Crippen molar-refractivity contribution in [3.05, 3.63) is 41.5 Å². The number of carboxylic acids is 2. The molecule has 0 amide bonds. The summed E-state index contributed by atoms with van der Waals surface area (Å²) < 4.78 is 75.6. The number of carbonyl (C=O) groups is 2. The van der Waals surface area contributed by atoms with E-state index in [-0.39, 0.29) is 6.10 Å². The van der Waals surface area contributed by atoms with E-state index in [1.165, 1.54) is 5.56 Å². The first kappa shape index (κ1) is 32.5. The Morgan fingerprint density at radius 2 is 1.50 bits per heavy atom. The molecule has 0 unspecified atom stereocenters. The van der Waals surface area contributed by atoms with Crippen LogP contribution in [0.2, 0.25) is 0 Å². The molecule has 0 aromatic carbocycles. The van der Waals surface area contributed by atoms with Crippen molar-refractivity contribution in [2.24, 2.45) is 11.8 Å². The normalized spacial score (nSPS) is 20.0. The molecule has 0 bridgehead atoms. The van der Waals surface area contributed by atoms with Crippen LogP contribution in [0.15, 0.2) is 24.5 Å². The predicted octanol–water partition coefficient (Wildman–Crippen LogP) is 3.85. The summed E-state index contributed by atoms with van der Waals surface area (Å²) >= 11 is 0. The van der Waals surface area contributed by atoms with Crippen molar-refractivity contribution in [3.8, 4) is 5.75 Å². The minimum atomic E-state index is -5.08. The van der Waals surface area contributed by atoms with Gasteiger partial charge in [0, 0.05) is 60.8 Å². The van der Waals surface area contributed by atoms with Crippen molar-refractivity contribution in [2.45, 2.75) is 45.6 Å². The second kappa shape index (κ2) is 13.6. The highest BCUT2D eigenvalue weighted by atomic mass is 19.4. The molecule has 2 fully saturated rings. The molecule has 4 heterocycles. The molecule has 0 saturated carbocycles. The van der Waals surface area contributed by atoms with E-state index in [4.69, 9.17) is 29.3 Å². The quantitative estimate of drug-likeness (QED) is 0.501. The molecule has 2 aromatic rings. The third kappa shape index (κ3) is 9.81. The number of pyridine rings is 1. The lowest BCUT2D eigenvalue weighted by molar-refractivity contribution is -0.193. The lowest BCUT2D eigenvalue weighted by Crippen LogP contribution is -2.27. The smallest absolute Gasteiger partial charge is 0.490 e. The highest BCUT2D eigenvalue weighted by Crippen LogP contribution is 2.35. The summed E-state index contributed by atoms with van der Waals surface area (Å²) in [5.41, 5.74) is 3.14. The van der Waals surface area contributed by atoms with E-state index in [0.29, 0.717) is 18.4 Å².